The second kappa shape index (κ2) is 8.83. The number of aryl methyl sites for hydroxylation is 1. The lowest BCUT2D eigenvalue weighted by Crippen LogP contribution is -2.52. The normalized spacial score (nSPS) is 14.7. The Hall–Kier alpha value is -2.05. The molecule has 0 aliphatic rings. The van der Waals surface area contributed by atoms with Crippen LogP contribution in [0.5, 0.6) is 11.5 Å². The number of hydrogen-bond acceptors (Lipinski definition) is 5. The molecule has 5 nitrogen and oxygen atoms in total. The van der Waals surface area contributed by atoms with Crippen LogP contribution in [-0.2, 0) is 26.4 Å². The van der Waals surface area contributed by atoms with E-state index in [2.05, 4.69) is 20.8 Å². The Morgan fingerprint density at radius 1 is 0.839 bits per heavy atom. The molecule has 6 heteroatoms. The Balaban J connectivity index is 2.44. The van der Waals surface area contributed by atoms with Crippen molar-refractivity contribution < 1.29 is 23.0 Å². The van der Waals surface area contributed by atoms with Crippen LogP contribution in [0.25, 0.3) is 0 Å². The quantitative estimate of drug-likeness (QED) is 0.637. The SMILES string of the molecule is COc1ccc(CCS(=O)(=O)C(C)(c2ccc(C(C)(C)C)cc2)C(C)(C)O)c(OC)c1. The molecule has 0 amide bonds. The van der Waals surface area contributed by atoms with Gasteiger partial charge < -0.3 is 14.6 Å². The number of methoxy groups -OCH3 is 2. The zero-order valence-electron chi connectivity index (χ0n) is 19.9. The van der Waals surface area contributed by atoms with Crippen molar-refractivity contribution in [2.24, 2.45) is 0 Å². The lowest BCUT2D eigenvalue weighted by Gasteiger charge is -2.40. The first-order valence-corrected chi connectivity index (χ1v) is 12.1. The second-order valence-electron chi connectivity index (χ2n) is 9.67. The molecule has 1 unspecified atom stereocenters. The highest BCUT2D eigenvalue weighted by Crippen LogP contribution is 2.42. The van der Waals surface area contributed by atoms with Gasteiger partial charge in [0.25, 0.3) is 0 Å². The summed E-state index contributed by atoms with van der Waals surface area (Å²) < 4.78 is 36.5. The van der Waals surface area contributed by atoms with Crippen LogP contribution in [-0.4, -0.2) is 39.1 Å². The molecule has 0 saturated carbocycles. The molecule has 0 aliphatic heterocycles. The molecule has 0 bridgehead atoms. The topological polar surface area (TPSA) is 72.8 Å². The summed E-state index contributed by atoms with van der Waals surface area (Å²) in [4.78, 5) is 0. The minimum Gasteiger partial charge on any atom is -0.497 e. The van der Waals surface area contributed by atoms with Crippen molar-refractivity contribution in [3.63, 3.8) is 0 Å². The van der Waals surface area contributed by atoms with Crippen molar-refractivity contribution in [1.82, 2.24) is 0 Å². The smallest absolute Gasteiger partial charge is 0.163 e. The van der Waals surface area contributed by atoms with E-state index in [1.54, 1.807) is 47.1 Å². The first-order chi connectivity index (χ1) is 14.2. The van der Waals surface area contributed by atoms with E-state index in [0.717, 1.165) is 11.1 Å². The van der Waals surface area contributed by atoms with Crippen LogP contribution in [0.4, 0.5) is 0 Å². The van der Waals surface area contributed by atoms with Crippen LogP contribution >= 0.6 is 0 Å². The Morgan fingerprint density at radius 3 is 1.84 bits per heavy atom. The summed E-state index contributed by atoms with van der Waals surface area (Å²) in [5.41, 5.74) is 0.921. The van der Waals surface area contributed by atoms with Crippen molar-refractivity contribution in [2.75, 3.05) is 20.0 Å². The molecule has 1 atom stereocenters. The van der Waals surface area contributed by atoms with Crippen LogP contribution in [0, 0.1) is 0 Å². The van der Waals surface area contributed by atoms with E-state index in [-0.39, 0.29) is 17.6 Å². The summed E-state index contributed by atoms with van der Waals surface area (Å²) >= 11 is 0. The summed E-state index contributed by atoms with van der Waals surface area (Å²) in [5.74, 6) is 1.09. The van der Waals surface area contributed by atoms with E-state index in [4.69, 9.17) is 9.47 Å². The third kappa shape index (κ3) is 5.07. The van der Waals surface area contributed by atoms with E-state index in [1.807, 2.05) is 30.3 Å². The van der Waals surface area contributed by atoms with Gasteiger partial charge in [0.2, 0.25) is 0 Å². The van der Waals surface area contributed by atoms with Gasteiger partial charge in [-0.2, -0.15) is 0 Å². The third-order valence-corrected chi connectivity index (χ3v) is 8.95. The highest BCUT2D eigenvalue weighted by Gasteiger charge is 2.51. The monoisotopic (exact) mass is 448 g/mol. The van der Waals surface area contributed by atoms with Gasteiger partial charge in [0.05, 0.1) is 25.6 Å². The maximum Gasteiger partial charge on any atom is 0.163 e. The van der Waals surface area contributed by atoms with Crippen molar-refractivity contribution in [2.45, 2.75) is 63.7 Å². The lowest BCUT2D eigenvalue weighted by molar-refractivity contribution is 0.0373. The Kier molecular flexibility index (Phi) is 7.18. The van der Waals surface area contributed by atoms with Gasteiger partial charge >= 0.3 is 0 Å². The number of rotatable bonds is 8. The fraction of sp³-hybridized carbons (Fsp3) is 0.520. The molecule has 1 N–H and O–H groups in total. The van der Waals surface area contributed by atoms with Gasteiger partial charge in [-0.3, -0.25) is 0 Å². The number of sulfone groups is 1. The number of ether oxygens (including phenoxy) is 2. The maximum atomic E-state index is 13.7. The van der Waals surface area contributed by atoms with Gasteiger partial charge in [-0.05, 0) is 55.4 Å². The molecule has 0 radical (unpaired) electrons. The van der Waals surface area contributed by atoms with Gasteiger partial charge in [0, 0.05) is 6.07 Å². The molecule has 172 valence electrons. The van der Waals surface area contributed by atoms with Gasteiger partial charge in [-0.15, -0.1) is 0 Å². The van der Waals surface area contributed by atoms with Gasteiger partial charge in [-0.25, -0.2) is 8.42 Å². The molecule has 0 spiro atoms. The average molecular weight is 449 g/mol. The summed E-state index contributed by atoms with van der Waals surface area (Å²) in [5, 5.41) is 11.0. The predicted molar refractivity (Wildman–Crippen MR) is 126 cm³/mol. The van der Waals surface area contributed by atoms with Crippen LogP contribution in [0.1, 0.15) is 58.2 Å². The minimum absolute atomic E-state index is 0.0482. The summed E-state index contributed by atoms with van der Waals surface area (Å²) in [6.07, 6.45) is 0.265. The average Bonchev–Trinajstić information content (AvgIpc) is 2.70. The standard InChI is InChI=1S/C25H36O5S/c1-23(2,3)19-10-12-20(13-11-19)25(6,24(4,5)26)31(27,28)16-15-18-9-14-21(29-7)17-22(18)30-8/h9-14,17,26H,15-16H2,1-8H3. The van der Waals surface area contributed by atoms with Crippen molar-refractivity contribution >= 4 is 9.84 Å². The highest BCUT2D eigenvalue weighted by molar-refractivity contribution is 7.92. The summed E-state index contributed by atoms with van der Waals surface area (Å²) in [6, 6.07) is 12.9. The molecule has 0 saturated heterocycles. The van der Waals surface area contributed by atoms with E-state index in [0.29, 0.717) is 17.1 Å². The molecule has 0 aliphatic carbocycles. The zero-order valence-corrected chi connectivity index (χ0v) is 20.8. The van der Waals surface area contributed by atoms with Crippen molar-refractivity contribution in [3.05, 3.63) is 59.2 Å². The van der Waals surface area contributed by atoms with Crippen LogP contribution < -0.4 is 9.47 Å². The molecule has 2 aromatic rings. The molecule has 2 rings (SSSR count). The van der Waals surface area contributed by atoms with Gasteiger partial charge in [0.15, 0.2) is 9.84 Å². The number of benzene rings is 2. The summed E-state index contributed by atoms with van der Waals surface area (Å²) in [6.45, 7) is 11.0. The van der Waals surface area contributed by atoms with Crippen LogP contribution in [0.2, 0.25) is 0 Å². The molecule has 2 aromatic carbocycles. The largest absolute Gasteiger partial charge is 0.497 e. The van der Waals surface area contributed by atoms with Gasteiger partial charge in [-0.1, -0.05) is 51.1 Å². The predicted octanol–water partition coefficient (Wildman–Crippen LogP) is 4.64. The maximum absolute atomic E-state index is 13.7. The van der Waals surface area contributed by atoms with Gasteiger partial charge in [0.1, 0.15) is 16.2 Å². The first-order valence-electron chi connectivity index (χ1n) is 10.4. The highest BCUT2D eigenvalue weighted by atomic mass is 32.2. The first kappa shape index (κ1) is 25.2. The molecular weight excluding hydrogens is 412 g/mol. The van der Waals surface area contributed by atoms with Crippen LogP contribution in [0.3, 0.4) is 0 Å². The Bertz CT molecular complexity index is 996. The Labute approximate surface area is 187 Å². The molecule has 31 heavy (non-hydrogen) atoms. The zero-order chi connectivity index (χ0) is 23.7. The van der Waals surface area contributed by atoms with E-state index in [1.165, 1.54) is 0 Å². The molecule has 0 fully saturated rings. The van der Waals surface area contributed by atoms with E-state index < -0.39 is 20.2 Å². The number of hydrogen-bond donors (Lipinski definition) is 1. The molecule has 0 heterocycles. The molecular formula is C25H36O5S. The second-order valence-corrected chi connectivity index (χ2v) is 12.1. The number of aliphatic hydroxyl groups is 1. The fourth-order valence-electron chi connectivity index (χ4n) is 3.71. The Morgan fingerprint density at radius 2 is 1.39 bits per heavy atom. The van der Waals surface area contributed by atoms with E-state index in [9.17, 15) is 13.5 Å². The van der Waals surface area contributed by atoms with Crippen molar-refractivity contribution in [3.8, 4) is 11.5 Å². The minimum atomic E-state index is -3.76. The van der Waals surface area contributed by atoms with Crippen LogP contribution in [0.15, 0.2) is 42.5 Å². The van der Waals surface area contributed by atoms with E-state index >= 15 is 0 Å². The van der Waals surface area contributed by atoms with Crippen molar-refractivity contribution in [1.29, 1.82) is 0 Å². The lowest BCUT2D eigenvalue weighted by atomic mass is 9.82. The molecule has 0 aromatic heterocycles. The summed E-state index contributed by atoms with van der Waals surface area (Å²) in [7, 11) is -0.642. The third-order valence-electron chi connectivity index (χ3n) is 6.23. The fourth-order valence-corrected chi connectivity index (χ4v) is 5.86.